The molecule has 0 rings (SSSR count). The van der Waals surface area contributed by atoms with Crippen molar-refractivity contribution in [3.8, 4) is 0 Å². The smallest absolute Gasteiger partial charge is 0.244 e. The first-order valence-corrected chi connectivity index (χ1v) is 2.66. The molecular weight excluding hydrogens is 174 g/mol. The molecule has 0 fully saturated rings. The quantitative estimate of drug-likeness (QED) is 0.585. The van der Waals surface area contributed by atoms with Gasteiger partial charge in [-0.3, -0.25) is 0 Å². The van der Waals surface area contributed by atoms with E-state index in [1.165, 1.54) is 0 Å². The monoisotopic (exact) mass is 180 g/mol. The molecule has 0 aromatic carbocycles. The third-order valence-electron chi connectivity index (χ3n) is 1.29. The molecule has 1 unspecified atom stereocenters. The number of alkyl halides is 6. The van der Waals surface area contributed by atoms with Crippen molar-refractivity contribution in [3.63, 3.8) is 0 Å². The summed E-state index contributed by atoms with van der Waals surface area (Å²) < 4.78 is 70.4. The van der Waals surface area contributed by atoms with Crippen LogP contribution in [0.1, 0.15) is 6.92 Å². The molecule has 0 nitrogen and oxygen atoms in total. The molecule has 0 aromatic heterocycles. The summed E-state index contributed by atoms with van der Waals surface area (Å²) in [6, 6.07) is 0. The Labute approximate surface area is 59.2 Å². The molecule has 6 heteroatoms. The van der Waals surface area contributed by atoms with E-state index in [0.29, 0.717) is 0 Å². The Morgan fingerprint density at radius 2 is 1.55 bits per heavy atom. The second-order valence-electron chi connectivity index (χ2n) is 2.21. The van der Waals surface area contributed by atoms with Gasteiger partial charge in [0.2, 0.25) is 5.67 Å². The minimum absolute atomic E-state index is 0.0305. The number of halogens is 6. The van der Waals surface area contributed by atoms with E-state index >= 15 is 0 Å². The summed E-state index contributed by atoms with van der Waals surface area (Å²) >= 11 is 0. The van der Waals surface area contributed by atoms with Gasteiger partial charge >= 0.3 is 5.92 Å². The lowest BCUT2D eigenvalue weighted by molar-refractivity contribution is -0.194. The van der Waals surface area contributed by atoms with Gasteiger partial charge in [-0.25, -0.2) is 17.6 Å². The fraction of sp³-hybridized carbons (Fsp3) is 1.00. The molecule has 0 spiro atoms. The molecule has 0 aliphatic heterocycles. The van der Waals surface area contributed by atoms with Crippen LogP contribution in [-0.4, -0.2) is 24.7 Å². The van der Waals surface area contributed by atoms with Gasteiger partial charge in [-0.05, 0) is 6.92 Å². The van der Waals surface area contributed by atoms with Crippen molar-refractivity contribution in [2.75, 3.05) is 6.67 Å². The van der Waals surface area contributed by atoms with Crippen LogP contribution in [0.4, 0.5) is 26.3 Å². The van der Waals surface area contributed by atoms with Crippen molar-refractivity contribution in [2.24, 2.45) is 0 Å². The molecule has 0 aliphatic carbocycles. The van der Waals surface area contributed by atoms with Crippen LogP contribution in [0.2, 0.25) is 0 Å². The van der Waals surface area contributed by atoms with E-state index in [0.717, 1.165) is 0 Å². The van der Waals surface area contributed by atoms with E-state index in [4.69, 9.17) is 0 Å². The van der Waals surface area contributed by atoms with Gasteiger partial charge in [0, 0.05) is 0 Å². The van der Waals surface area contributed by atoms with Crippen molar-refractivity contribution in [3.05, 3.63) is 0 Å². The normalized spacial score (nSPS) is 18.5. The fourth-order valence-corrected chi connectivity index (χ4v) is 0.290. The summed E-state index contributed by atoms with van der Waals surface area (Å²) in [5.41, 5.74) is -4.10. The van der Waals surface area contributed by atoms with Crippen molar-refractivity contribution in [1.82, 2.24) is 0 Å². The Morgan fingerprint density at radius 1 is 1.18 bits per heavy atom. The van der Waals surface area contributed by atoms with Gasteiger partial charge in [-0.15, -0.1) is 0 Å². The lowest BCUT2D eigenvalue weighted by Gasteiger charge is -2.26. The van der Waals surface area contributed by atoms with Crippen molar-refractivity contribution in [1.29, 1.82) is 0 Å². The lowest BCUT2D eigenvalue weighted by atomic mass is 10.0. The van der Waals surface area contributed by atoms with E-state index in [1.54, 1.807) is 0 Å². The van der Waals surface area contributed by atoms with E-state index in [2.05, 4.69) is 0 Å². The number of rotatable bonds is 3. The predicted octanol–water partition coefficient (Wildman–Crippen LogP) is 2.58. The highest BCUT2D eigenvalue weighted by atomic mass is 19.3. The molecule has 0 N–H and O–H groups in total. The van der Waals surface area contributed by atoms with Crippen LogP contribution >= 0.6 is 0 Å². The highest BCUT2D eigenvalue weighted by molar-refractivity contribution is 4.91. The van der Waals surface area contributed by atoms with Crippen molar-refractivity contribution < 1.29 is 26.3 Å². The van der Waals surface area contributed by atoms with Gasteiger partial charge in [0.1, 0.15) is 0 Å². The van der Waals surface area contributed by atoms with Crippen LogP contribution in [0, 0.1) is 0 Å². The zero-order chi connectivity index (χ0) is 9.28. The summed E-state index contributed by atoms with van der Waals surface area (Å²) in [6.45, 7) is -2.46. The molecule has 0 bridgehead atoms. The fourth-order valence-electron chi connectivity index (χ4n) is 0.290. The molecule has 0 radical (unpaired) electrons. The predicted molar refractivity (Wildman–Crippen MR) is 26.4 cm³/mol. The van der Waals surface area contributed by atoms with Crippen molar-refractivity contribution >= 4 is 0 Å². The van der Waals surface area contributed by atoms with Gasteiger partial charge < -0.3 is 0 Å². The Kier molecular flexibility index (Phi) is 2.79. The van der Waals surface area contributed by atoms with Crippen LogP contribution in [-0.2, 0) is 0 Å². The van der Waals surface area contributed by atoms with Gasteiger partial charge in [0.15, 0.2) is 6.67 Å². The van der Waals surface area contributed by atoms with Gasteiger partial charge in [-0.1, -0.05) is 0 Å². The van der Waals surface area contributed by atoms with E-state index in [9.17, 15) is 26.3 Å². The zero-order valence-corrected chi connectivity index (χ0v) is 5.55. The van der Waals surface area contributed by atoms with Gasteiger partial charge in [-0.2, -0.15) is 8.78 Å². The third kappa shape index (κ3) is 1.78. The Balaban J connectivity index is 4.53. The first-order valence-electron chi connectivity index (χ1n) is 2.66. The third-order valence-corrected chi connectivity index (χ3v) is 1.29. The second kappa shape index (κ2) is 2.91. The molecular formula is C5H6F6. The summed E-state index contributed by atoms with van der Waals surface area (Å²) in [5.74, 6) is -4.62. The van der Waals surface area contributed by atoms with E-state index in [1.807, 2.05) is 0 Å². The molecule has 68 valence electrons. The summed E-state index contributed by atoms with van der Waals surface area (Å²) in [6.07, 6.45) is -3.90. The average Bonchev–Trinajstić information content (AvgIpc) is 1.87. The summed E-state index contributed by atoms with van der Waals surface area (Å²) in [5, 5.41) is 0. The van der Waals surface area contributed by atoms with Gasteiger partial charge in [0.25, 0.3) is 6.43 Å². The second-order valence-corrected chi connectivity index (χ2v) is 2.21. The minimum Gasteiger partial charge on any atom is -0.244 e. The standard InChI is InChI=1S/C5H6F6/c1-4(9,3(7)8)5(10,11)2-6/h3H,2H2,1H3. The maximum Gasteiger partial charge on any atom is 0.314 e. The van der Waals surface area contributed by atoms with Gasteiger partial charge in [0.05, 0.1) is 0 Å². The number of hydrogen-bond donors (Lipinski definition) is 0. The molecule has 11 heavy (non-hydrogen) atoms. The van der Waals surface area contributed by atoms with Crippen LogP contribution < -0.4 is 0 Å². The summed E-state index contributed by atoms with van der Waals surface area (Å²) in [4.78, 5) is 0. The zero-order valence-electron chi connectivity index (χ0n) is 5.55. The van der Waals surface area contributed by atoms with E-state index < -0.39 is 24.7 Å². The molecule has 0 amide bonds. The highest BCUT2D eigenvalue weighted by Crippen LogP contribution is 2.37. The highest BCUT2D eigenvalue weighted by Gasteiger charge is 2.57. The topological polar surface area (TPSA) is 0 Å². The van der Waals surface area contributed by atoms with E-state index in [-0.39, 0.29) is 6.92 Å². The maximum atomic E-state index is 12.3. The number of hydrogen-bond acceptors (Lipinski definition) is 0. The van der Waals surface area contributed by atoms with Crippen LogP contribution in [0.3, 0.4) is 0 Å². The molecule has 1 atom stereocenters. The summed E-state index contributed by atoms with van der Waals surface area (Å²) in [7, 11) is 0. The maximum absolute atomic E-state index is 12.3. The Hall–Kier alpha value is -0.420. The Bertz CT molecular complexity index is 129. The largest absolute Gasteiger partial charge is 0.314 e. The molecule has 0 saturated heterocycles. The molecule has 0 saturated carbocycles. The first kappa shape index (κ1) is 10.6. The van der Waals surface area contributed by atoms with Crippen molar-refractivity contribution in [2.45, 2.75) is 24.9 Å². The SMILES string of the molecule is CC(F)(C(F)F)C(F)(F)CF. The molecule has 0 aliphatic rings. The lowest BCUT2D eigenvalue weighted by Crippen LogP contribution is -2.48. The minimum atomic E-state index is -4.62. The average molecular weight is 180 g/mol. The Morgan fingerprint density at radius 3 is 1.64 bits per heavy atom. The first-order chi connectivity index (χ1) is 4.75. The van der Waals surface area contributed by atoms with Crippen LogP contribution in [0.15, 0.2) is 0 Å². The molecule has 0 heterocycles. The van der Waals surface area contributed by atoms with Crippen LogP contribution in [0.25, 0.3) is 0 Å². The molecule has 0 aromatic rings. The van der Waals surface area contributed by atoms with Crippen LogP contribution in [0.5, 0.6) is 0 Å².